The average molecular weight is 289 g/mol. The summed E-state index contributed by atoms with van der Waals surface area (Å²) in [4.78, 5) is 4.67. The van der Waals surface area contributed by atoms with Crippen molar-refractivity contribution in [1.29, 1.82) is 0 Å². The molecule has 0 amide bonds. The number of nitrogens with zero attached hydrogens (tertiary/aromatic N) is 2. The molecule has 0 bridgehead atoms. The second-order valence-corrected chi connectivity index (χ2v) is 6.00. The minimum absolute atomic E-state index is 0.204. The molecule has 1 aliphatic heterocycles. The smallest absolute Gasteiger partial charge is 0.125 e. The summed E-state index contributed by atoms with van der Waals surface area (Å²) < 4.78 is 15.6. The average Bonchev–Trinajstić information content (AvgIpc) is 2.84. The predicted octanol–water partition coefficient (Wildman–Crippen LogP) is 3.66. The molecule has 1 atom stereocenters. The number of hydrogen-bond acceptors (Lipinski definition) is 2. The lowest BCUT2D eigenvalue weighted by atomic mass is 10.0. The van der Waals surface area contributed by atoms with E-state index in [1.54, 1.807) is 6.07 Å². The van der Waals surface area contributed by atoms with E-state index >= 15 is 0 Å². The lowest BCUT2D eigenvalue weighted by molar-refractivity contribution is 0.379. The van der Waals surface area contributed by atoms with Crippen LogP contribution in [0.5, 0.6) is 0 Å². The predicted molar refractivity (Wildman–Crippen MR) is 83.9 cm³/mol. The van der Waals surface area contributed by atoms with E-state index in [0.29, 0.717) is 6.04 Å². The van der Waals surface area contributed by atoms with Crippen molar-refractivity contribution in [3.63, 3.8) is 0 Å². The van der Waals surface area contributed by atoms with Gasteiger partial charge in [-0.1, -0.05) is 13.3 Å². The molecule has 2 heterocycles. The van der Waals surface area contributed by atoms with Gasteiger partial charge in [-0.2, -0.15) is 0 Å². The Labute approximate surface area is 125 Å². The maximum Gasteiger partial charge on any atom is 0.125 e. The number of fused-ring (bicyclic) bond motifs is 1. The Hall–Kier alpha value is -1.42. The minimum Gasteiger partial charge on any atom is -0.328 e. The van der Waals surface area contributed by atoms with Gasteiger partial charge < -0.3 is 9.88 Å². The van der Waals surface area contributed by atoms with Gasteiger partial charge in [-0.05, 0) is 44.4 Å². The Balaban J connectivity index is 1.80. The van der Waals surface area contributed by atoms with Crippen molar-refractivity contribution >= 4 is 11.0 Å². The normalized spacial score (nSPS) is 19.2. The van der Waals surface area contributed by atoms with Crippen LogP contribution in [0.2, 0.25) is 0 Å². The highest BCUT2D eigenvalue weighted by molar-refractivity contribution is 5.76. The van der Waals surface area contributed by atoms with Gasteiger partial charge in [0, 0.05) is 25.1 Å². The molecule has 3 nitrogen and oxygen atoms in total. The summed E-state index contributed by atoms with van der Waals surface area (Å²) in [6, 6.07) is 5.55. The third kappa shape index (κ3) is 3.26. The van der Waals surface area contributed by atoms with Gasteiger partial charge in [0.2, 0.25) is 0 Å². The second-order valence-electron chi connectivity index (χ2n) is 6.00. The molecule has 1 aromatic heterocycles. The fourth-order valence-corrected chi connectivity index (χ4v) is 3.29. The number of nitrogens with one attached hydrogen (secondary N) is 1. The number of halogens is 1. The third-order valence-electron chi connectivity index (χ3n) is 4.37. The molecule has 0 spiro atoms. The van der Waals surface area contributed by atoms with E-state index in [9.17, 15) is 4.39 Å². The van der Waals surface area contributed by atoms with Crippen molar-refractivity contribution in [2.24, 2.45) is 0 Å². The molecule has 1 N–H and O–H groups in total. The largest absolute Gasteiger partial charge is 0.328 e. The Kier molecular flexibility index (Phi) is 4.54. The number of hydrogen-bond donors (Lipinski definition) is 1. The van der Waals surface area contributed by atoms with Crippen LogP contribution in [0.25, 0.3) is 11.0 Å². The van der Waals surface area contributed by atoms with E-state index in [-0.39, 0.29) is 5.82 Å². The molecule has 2 aromatic rings. The molecule has 1 unspecified atom stereocenters. The van der Waals surface area contributed by atoms with Crippen molar-refractivity contribution in [2.75, 3.05) is 6.54 Å². The molecule has 1 fully saturated rings. The van der Waals surface area contributed by atoms with Crippen LogP contribution in [-0.2, 0) is 13.0 Å². The third-order valence-corrected chi connectivity index (χ3v) is 4.37. The van der Waals surface area contributed by atoms with E-state index in [0.717, 1.165) is 49.2 Å². The molecule has 4 heteroatoms. The maximum absolute atomic E-state index is 13.4. The van der Waals surface area contributed by atoms with Gasteiger partial charge in [-0.15, -0.1) is 0 Å². The number of rotatable bonds is 5. The molecule has 3 rings (SSSR count). The van der Waals surface area contributed by atoms with E-state index in [2.05, 4.69) is 21.8 Å². The molecule has 1 aliphatic rings. The zero-order valence-electron chi connectivity index (χ0n) is 12.7. The van der Waals surface area contributed by atoms with Crippen LogP contribution in [0.4, 0.5) is 4.39 Å². The first-order valence-electron chi connectivity index (χ1n) is 8.16. The van der Waals surface area contributed by atoms with Crippen molar-refractivity contribution in [1.82, 2.24) is 14.9 Å². The van der Waals surface area contributed by atoms with Crippen LogP contribution in [0.3, 0.4) is 0 Å². The number of aromatic nitrogens is 2. The highest BCUT2D eigenvalue weighted by Crippen LogP contribution is 2.20. The molecule has 1 aromatic carbocycles. The molecule has 0 radical (unpaired) electrons. The Morgan fingerprint density at radius 2 is 2.29 bits per heavy atom. The maximum atomic E-state index is 13.4. The fraction of sp³-hybridized carbons (Fsp3) is 0.588. The monoisotopic (exact) mass is 289 g/mol. The highest BCUT2D eigenvalue weighted by atomic mass is 19.1. The summed E-state index contributed by atoms with van der Waals surface area (Å²) in [6.45, 7) is 4.26. The van der Waals surface area contributed by atoms with Crippen LogP contribution in [0.1, 0.15) is 44.9 Å². The second kappa shape index (κ2) is 6.56. The quantitative estimate of drug-likeness (QED) is 0.910. The van der Waals surface area contributed by atoms with Gasteiger partial charge in [0.25, 0.3) is 0 Å². The molecule has 21 heavy (non-hydrogen) atoms. The lowest BCUT2D eigenvalue weighted by Crippen LogP contribution is -2.34. The summed E-state index contributed by atoms with van der Waals surface area (Å²) in [5.41, 5.74) is 1.85. The van der Waals surface area contributed by atoms with Crippen LogP contribution in [0.15, 0.2) is 18.2 Å². The first-order chi connectivity index (χ1) is 10.3. The molecule has 0 saturated carbocycles. The first-order valence-corrected chi connectivity index (χ1v) is 8.16. The van der Waals surface area contributed by atoms with Gasteiger partial charge in [0.15, 0.2) is 0 Å². The Bertz CT molecular complexity index is 599. The van der Waals surface area contributed by atoms with Gasteiger partial charge in [0.1, 0.15) is 11.6 Å². The lowest BCUT2D eigenvalue weighted by Gasteiger charge is -2.23. The zero-order chi connectivity index (χ0) is 14.7. The van der Waals surface area contributed by atoms with E-state index < -0.39 is 0 Å². The number of aryl methyl sites for hydroxylation is 2. The Morgan fingerprint density at radius 3 is 3.05 bits per heavy atom. The van der Waals surface area contributed by atoms with Crippen molar-refractivity contribution in [3.8, 4) is 0 Å². The van der Waals surface area contributed by atoms with Gasteiger partial charge in [0.05, 0.1) is 11.0 Å². The summed E-state index contributed by atoms with van der Waals surface area (Å²) in [6.07, 6.45) is 7.04. The summed E-state index contributed by atoms with van der Waals surface area (Å²) in [7, 11) is 0. The van der Waals surface area contributed by atoms with Crippen molar-refractivity contribution in [2.45, 2.75) is 58.0 Å². The molecular weight excluding hydrogens is 265 g/mol. The van der Waals surface area contributed by atoms with Gasteiger partial charge in [-0.25, -0.2) is 9.37 Å². The van der Waals surface area contributed by atoms with E-state index in [1.807, 2.05) is 6.07 Å². The van der Waals surface area contributed by atoms with E-state index in [4.69, 9.17) is 0 Å². The standard InChI is InChI=1S/C17H24FN3/c1-2-11-21-16-8-6-13(18)12-15(16)20-17(21)9-7-14-5-3-4-10-19-14/h6,8,12,14,19H,2-5,7,9-11H2,1H3. The SMILES string of the molecule is CCCn1c(CCC2CCCCN2)nc2cc(F)ccc21. The summed E-state index contributed by atoms with van der Waals surface area (Å²) in [5.74, 6) is 0.897. The molecular formula is C17H24FN3. The van der Waals surface area contributed by atoms with E-state index in [1.165, 1.54) is 25.3 Å². The minimum atomic E-state index is -0.204. The fourth-order valence-electron chi connectivity index (χ4n) is 3.29. The molecule has 1 saturated heterocycles. The van der Waals surface area contributed by atoms with Crippen LogP contribution < -0.4 is 5.32 Å². The molecule has 0 aliphatic carbocycles. The summed E-state index contributed by atoms with van der Waals surface area (Å²) >= 11 is 0. The van der Waals surface area contributed by atoms with Crippen LogP contribution >= 0.6 is 0 Å². The Morgan fingerprint density at radius 1 is 1.38 bits per heavy atom. The van der Waals surface area contributed by atoms with Gasteiger partial charge >= 0.3 is 0 Å². The number of piperidine rings is 1. The summed E-state index contributed by atoms with van der Waals surface area (Å²) in [5, 5.41) is 3.59. The number of imidazole rings is 1. The topological polar surface area (TPSA) is 29.9 Å². The highest BCUT2D eigenvalue weighted by Gasteiger charge is 2.15. The van der Waals surface area contributed by atoms with Crippen molar-refractivity contribution < 1.29 is 4.39 Å². The van der Waals surface area contributed by atoms with Crippen LogP contribution in [0, 0.1) is 5.82 Å². The first kappa shape index (κ1) is 14.5. The zero-order valence-corrected chi connectivity index (χ0v) is 12.7. The number of benzene rings is 1. The molecule has 114 valence electrons. The van der Waals surface area contributed by atoms with Crippen LogP contribution in [-0.4, -0.2) is 22.1 Å². The van der Waals surface area contributed by atoms with Crippen molar-refractivity contribution in [3.05, 3.63) is 29.8 Å². The van der Waals surface area contributed by atoms with Gasteiger partial charge in [-0.3, -0.25) is 0 Å².